The third kappa shape index (κ3) is 3.81. The fourth-order valence-electron chi connectivity index (χ4n) is 1.11. The Morgan fingerprint density at radius 1 is 1.35 bits per heavy atom. The van der Waals surface area contributed by atoms with Gasteiger partial charge in [-0.25, -0.2) is 17.2 Å². The van der Waals surface area contributed by atoms with Crippen molar-refractivity contribution in [1.29, 1.82) is 0 Å². The lowest BCUT2D eigenvalue weighted by Crippen LogP contribution is -2.09. The second-order valence-electron chi connectivity index (χ2n) is 3.86. The zero-order valence-corrected chi connectivity index (χ0v) is 10.8. The molecule has 0 radical (unpaired) electrons. The van der Waals surface area contributed by atoms with Crippen molar-refractivity contribution in [2.45, 2.75) is 18.7 Å². The van der Waals surface area contributed by atoms with E-state index in [9.17, 15) is 17.2 Å². The van der Waals surface area contributed by atoms with E-state index in [0.717, 1.165) is 0 Å². The van der Waals surface area contributed by atoms with Crippen LogP contribution < -0.4 is 4.74 Å². The average molecular weight is 285 g/mol. The van der Waals surface area contributed by atoms with Gasteiger partial charge >= 0.3 is 0 Å². The molecule has 7 heteroatoms. The fraction of sp³-hybridized carbons (Fsp3) is 0.400. The summed E-state index contributed by atoms with van der Waals surface area (Å²) in [6, 6.07) is 1.17. The Hall–Kier alpha value is -0.880. The molecule has 0 heterocycles. The third-order valence-electron chi connectivity index (χ3n) is 1.80. The molecule has 0 aromatic heterocycles. The maximum atomic E-state index is 13.4. The maximum Gasteiger partial charge on any atom is 0.265 e. The third-order valence-corrected chi connectivity index (χ3v) is 3.13. The Bertz CT molecular complexity index is 515. The van der Waals surface area contributed by atoms with E-state index >= 15 is 0 Å². The molecule has 96 valence electrons. The van der Waals surface area contributed by atoms with Gasteiger partial charge in [0.1, 0.15) is 10.7 Å². The summed E-state index contributed by atoms with van der Waals surface area (Å²) in [5.74, 6) is -2.61. The predicted molar refractivity (Wildman–Crippen MR) is 59.7 cm³/mol. The Labute approximate surface area is 103 Å². The summed E-state index contributed by atoms with van der Waals surface area (Å²) in [7, 11) is 0.823. The Balaban J connectivity index is 3.26. The Kier molecular flexibility index (Phi) is 4.32. The summed E-state index contributed by atoms with van der Waals surface area (Å²) in [5, 5.41) is 0. The van der Waals surface area contributed by atoms with Gasteiger partial charge in [0.2, 0.25) is 0 Å². The van der Waals surface area contributed by atoms with E-state index in [-0.39, 0.29) is 12.5 Å². The van der Waals surface area contributed by atoms with Gasteiger partial charge < -0.3 is 4.74 Å². The van der Waals surface area contributed by atoms with Crippen LogP contribution in [0, 0.1) is 17.6 Å². The monoisotopic (exact) mass is 284 g/mol. The van der Waals surface area contributed by atoms with Crippen molar-refractivity contribution in [2.24, 2.45) is 5.92 Å². The minimum atomic E-state index is -4.26. The van der Waals surface area contributed by atoms with Gasteiger partial charge in [0.25, 0.3) is 9.05 Å². The zero-order chi connectivity index (χ0) is 13.2. The van der Waals surface area contributed by atoms with Crippen molar-refractivity contribution in [2.75, 3.05) is 6.61 Å². The number of ether oxygens (including phenoxy) is 1. The van der Waals surface area contributed by atoms with Crippen molar-refractivity contribution < 1.29 is 21.9 Å². The topological polar surface area (TPSA) is 43.4 Å². The summed E-state index contributed by atoms with van der Waals surface area (Å²) in [5.41, 5.74) is 0. The van der Waals surface area contributed by atoms with Gasteiger partial charge in [0.15, 0.2) is 11.6 Å². The number of hydrogen-bond donors (Lipinski definition) is 0. The molecular formula is C10H11ClF2O3S. The number of benzene rings is 1. The van der Waals surface area contributed by atoms with Gasteiger partial charge in [0, 0.05) is 16.7 Å². The van der Waals surface area contributed by atoms with E-state index in [2.05, 4.69) is 0 Å². The number of halogens is 3. The van der Waals surface area contributed by atoms with E-state index in [1.165, 1.54) is 0 Å². The Morgan fingerprint density at radius 3 is 2.41 bits per heavy atom. The number of hydrogen-bond acceptors (Lipinski definition) is 3. The summed E-state index contributed by atoms with van der Waals surface area (Å²) in [6.07, 6.45) is 0. The molecule has 0 saturated carbocycles. The molecule has 0 bridgehead atoms. The van der Waals surface area contributed by atoms with Crippen molar-refractivity contribution in [1.82, 2.24) is 0 Å². The normalized spacial score (nSPS) is 11.9. The number of rotatable bonds is 4. The second-order valence-corrected chi connectivity index (χ2v) is 6.39. The van der Waals surface area contributed by atoms with Crippen molar-refractivity contribution >= 4 is 19.7 Å². The van der Waals surface area contributed by atoms with Gasteiger partial charge in [-0.05, 0) is 12.0 Å². The summed E-state index contributed by atoms with van der Waals surface area (Å²) in [6.45, 7) is 3.70. The van der Waals surface area contributed by atoms with Crippen LogP contribution in [-0.4, -0.2) is 15.0 Å². The molecule has 0 unspecified atom stereocenters. The first kappa shape index (κ1) is 14.2. The van der Waals surface area contributed by atoms with Crippen molar-refractivity contribution in [3.8, 4) is 5.75 Å². The molecule has 1 aromatic rings. The highest BCUT2D eigenvalue weighted by atomic mass is 35.7. The smallest absolute Gasteiger partial charge is 0.265 e. The molecule has 0 saturated heterocycles. The van der Waals surface area contributed by atoms with Crippen LogP contribution >= 0.6 is 10.7 Å². The zero-order valence-electron chi connectivity index (χ0n) is 9.21. The van der Waals surface area contributed by atoms with Crippen LogP contribution in [0.4, 0.5) is 8.78 Å². The van der Waals surface area contributed by atoms with E-state index in [0.29, 0.717) is 12.1 Å². The molecule has 0 aliphatic carbocycles. The van der Waals surface area contributed by atoms with Crippen LogP contribution in [0.2, 0.25) is 0 Å². The summed E-state index contributed by atoms with van der Waals surface area (Å²) < 4.78 is 53.6. The molecular weight excluding hydrogens is 274 g/mol. The van der Waals surface area contributed by atoms with Gasteiger partial charge in [0.05, 0.1) is 6.61 Å². The van der Waals surface area contributed by atoms with Crippen LogP contribution in [0.25, 0.3) is 0 Å². The summed E-state index contributed by atoms with van der Waals surface area (Å²) in [4.78, 5) is -0.697. The second kappa shape index (κ2) is 5.18. The van der Waals surface area contributed by atoms with E-state index in [4.69, 9.17) is 15.4 Å². The lowest BCUT2D eigenvalue weighted by molar-refractivity contribution is 0.251. The molecule has 0 atom stereocenters. The van der Waals surface area contributed by atoms with Crippen LogP contribution in [-0.2, 0) is 9.05 Å². The summed E-state index contributed by atoms with van der Waals surface area (Å²) >= 11 is 0. The van der Waals surface area contributed by atoms with Crippen LogP contribution in [0.1, 0.15) is 13.8 Å². The first-order valence-electron chi connectivity index (χ1n) is 4.78. The largest absolute Gasteiger partial charge is 0.489 e. The highest BCUT2D eigenvalue weighted by Gasteiger charge is 2.22. The van der Waals surface area contributed by atoms with Crippen molar-refractivity contribution in [3.05, 3.63) is 23.8 Å². The Morgan fingerprint density at radius 2 is 1.94 bits per heavy atom. The standard InChI is InChI=1S/C10H11ClF2O3S/c1-6(2)5-16-10-8(13)3-7(12)4-9(10)17(11,14)15/h3-4,6H,5H2,1-2H3. The molecule has 1 aromatic carbocycles. The average Bonchev–Trinajstić information content (AvgIpc) is 2.13. The highest BCUT2D eigenvalue weighted by Crippen LogP contribution is 2.31. The van der Waals surface area contributed by atoms with E-state index in [1.807, 2.05) is 0 Å². The van der Waals surface area contributed by atoms with Gasteiger partial charge in [-0.15, -0.1) is 0 Å². The quantitative estimate of drug-likeness (QED) is 0.799. The fourth-order valence-corrected chi connectivity index (χ4v) is 2.08. The molecule has 0 aliphatic heterocycles. The first-order valence-corrected chi connectivity index (χ1v) is 7.09. The predicted octanol–water partition coefficient (Wildman–Crippen LogP) is 2.93. The lowest BCUT2D eigenvalue weighted by Gasteiger charge is -2.12. The molecule has 17 heavy (non-hydrogen) atoms. The van der Waals surface area contributed by atoms with Gasteiger partial charge in [-0.2, -0.15) is 0 Å². The molecule has 0 fully saturated rings. The van der Waals surface area contributed by atoms with Crippen LogP contribution in [0.15, 0.2) is 17.0 Å². The van der Waals surface area contributed by atoms with E-state index < -0.39 is 31.3 Å². The van der Waals surface area contributed by atoms with E-state index in [1.54, 1.807) is 13.8 Å². The van der Waals surface area contributed by atoms with Crippen molar-refractivity contribution in [3.63, 3.8) is 0 Å². The minimum absolute atomic E-state index is 0.0605. The molecule has 3 nitrogen and oxygen atoms in total. The molecule has 0 N–H and O–H groups in total. The molecule has 0 spiro atoms. The van der Waals surface area contributed by atoms with Gasteiger partial charge in [-0.1, -0.05) is 13.8 Å². The molecule has 0 aliphatic rings. The SMILES string of the molecule is CC(C)COc1c(F)cc(F)cc1S(=O)(=O)Cl. The maximum absolute atomic E-state index is 13.4. The molecule has 0 amide bonds. The van der Waals surface area contributed by atoms with Crippen LogP contribution in [0.5, 0.6) is 5.75 Å². The molecule has 1 rings (SSSR count). The highest BCUT2D eigenvalue weighted by molar-refractivity contribution is 8.13. The minimum Gasteiger partial charge on any atom is -0.489 e. The van der Waals surface area contributed by atoms with Crippen LogP contribution in [0.3, 0.4) is 0 Å². The lowest BCUT2D eigenvalue weighted by atomic mass is 10.2. The first-order chi connectivity index (χ1) is 7.71. The van der Waals surface area contributed by atoms with Gasteiger partial charge in [-0.3, -0.25) is 0 Å².